The second-order valence-electron chi connectivity index (χ2n) is 6.76. The van der Waals surface area contributed by atoms with Crippen molar-refractivity contribution in [3.05, 3.63) is 60.2 Å². The summed E-state index contributed by atoms with van der Waals surface area (Å²) in [6.45, 7) is 3.21. The van der Waals surface area contributed by atoms with E-state index in [1.54, 1.807) is 7.11 Å². The molecule has 0 atom stereocenters. The largest absolute Gasteiger partial charge is 0.467 e. The number of anilines is 1. The number of piperidine rings is 1. The molecule has 3 aromatic rings. The van der Waals surface area contributed by atoms with Crippen LogP contribution < -0.4 is 10.1 Å². The molecule has 1 aliphatic heterocycles. The summed E-state index contributed by atoms with van der Waals surface area (Å²) in [5, 5.41) is 4.67. The first kappa shape index (κ1) is 16.8. The van der Waals surface area contributed by atoms with Crippen LogP contribution in [0.3, 0.4) is 0 Å². The van der Waals surface area contributed by atoms with Gasteiger partial charge in [-0.3, -0.25) is 4.90 Å². The minimum atomic E-state index is 0.410. The summed E-state index contributed by atoms with van der Waals surface area (Å²) < 4.78 is 5.27. The van der Waals surface area contributed by atoms with Crippen molar-refractivity contribution in [2.24, 2.45) is 0 Å². The molecule has 4 rings (SSSR count). The van der Waals surface area contributed by atoms with Gasteiger partial charge in [-0.15, -0.1) is 0 Å². The maximum absolute atomic E-state index is 5.27. The fraction of sp³-hybridized carbons (Fsp3) is 0.333. The molecule has 5 heteroatoms. The molecule has 0 saturated carbocycles. The van der Waals surface area contributed by atoms with E-state index in [2.05, 4.69) is 56.6 Å². The van der Waals surface area contributed by atoms with Crippen molar-refractivity contribution < 1.29 is 4.74 Å². The van der Waals surface area contributed by atoms with Gasteiger partial charge < -0.3 is 10.1 Å². The lowest BCUT2D eigenvalue weighted by atomic mass is 10.0. The minimum absolute atomic E-state index is 0.410. The van der Waals surface area contributed by atoms with Gasteiger partial charge in [0.05, 0.1) is 12.6 Å². The zero-order valence-electron chi connectivity index (χ0n) is 15.1. The lowest BCUT2D eigenvalue weighted by Crippen LogP contribution is -2.38. The Hall–Kier alpha value is -2.66. The van der Waals surface area contributed by atoms with E-state index >= 15 is 0 Å². The molecule has 1 aliphatic rings. The molecular weight excluding hydrogens is 324 g/mol. The number of nitrogens with one attached hydrogen (secondary N) is 1. The number of para-hydroxylation sites is 1. The monoisotopic (exact) mass is 348 g/mol. The van der Waals surface area contributed by atoms with Crippen LogP contribution in [0.15, 0.2) is 54.6 Å². The molecule has 5 nitrogen and oxygen atoms in total. The maximum atomic E-state index is 5.27. The van der Waals surface area contributed by atoms with Gasteiger partial charge in [0, 0.05) is 31.1 Å². The lowest BCUT2D eigenvalue weighted by Gasteiger charge is -2.32. The van der Waals surface area contributed by atoms with Gasteiger partial charge in [-0.25, -0.2) is 0 Å². The van der Waals surface area contributed by atoms with Crippen LogP contribution in [-0.4, -0.2) is 41.1 Å². The average Bonchev–Trinajstić information content (AvgIpc) is 2.70. The Morgan fingerprint density at radius 1 is 1.00 bits per heavy atom. The molecule has 1 fully saturated rings. The number of ether oxygens (including phenoxy) is 1. The SMILES string of the molecule is COc1nc(NC2CCN(Cc3ccccc3)CC2)c2ccccc2n1. The fourth-order valence-electron chi connectivity index (χ4n) is 3.53. The Bertz CT molecular complexity index is 860. The lowest BCUT2D eigenvalue weighted by molar-refractivity contribution is 0.211. The van der Waals surface area contributed by atoms with E-state index in [1.165, 1.54) is 5.56 Å². The molecule has 26 heavy (non-hydrogen) atoms. The summed E-state index contributed by atoms with van der Waals surface area (Å²) >= 11 is 0. The van der Waals surface area contributed by atoms with Crippen molar-refractivity contribution in [1.82, 2.24) is 14.9 Å². The number of methoxy groups -OCH3 is 1. The van der Waals surface area contributed by atoms with Crippen LogP contribution in [0.25, 0.3) is 10.9 Å². The van der Waals surface area contributed by atoms with E-state index in [4.69, 9.17) is 4.74 Å². The topological polar surface area (TPSA) is 50.3 Å². The molecule has 0 bridgehead atoms. The van der Waals surface area contributed by atoms with Crippen molar-refractivity contribution in [2.75, 3.05) is 25.5 Å². The van der Waals surface area contributed by atoms with Crippen LogP contribution in [-0.2, 0) is 6.54 Å². The highest BCUT2D eigenvalue weighted by molar-refractivity contribution is 5.89. The van der Waals surface area contributed by atoms with Crippen LogP contribution in [0.1, 0.15) is 18.4 Å². The van der Waals surface area contributed by atoms with Gasteiger partial charge >= 0.3 is 6.01 Å². The highest BCUT2D eigenvalue weighted by Gasteiger charge is 2.20. The third kappa shape index (κ3) is 3.78. The molecule has 1 aromatic heterocycles. The predicted octanol–water partition coefficient (Wildman–Crippen LogP) is 3.71. The maximum Gasteiger partial charge on any atom is 0.318 e. The Labute approximate surface area is 154 Å². The van der Waals surface area contributed by atoms with Crippen molar-refractivity contribution in [2.45, 2.75) is 25.4 Å². The second kappa shape index (κ2) is 7.70. The molecule has 134 valence electrons. The van der Waals surface area contributed by atoms with E-state index in [1.807, 2.05) is 18.2 Å². The average molecular weight is 348 g/mol. The summed E-state index contributed by atoms with van der Waals surface area (Å²) in [4.78, 5) is 11.5. The van der Waals surface area contributed by atoms with Crippen LogP contribution >= 0.6 is 0 Å². The van der Waals surface area contributed by atoms with Crippen LogP contribution in [0, 0.1) is 0 Å². The van der Waals surface area contributed by atoms with Crippen molar-refractivity contribution in [3.8, 4) is 6.01 Å². The molecule has 1 N–H and O–H groups in total. The Morgan fingerprint density at radius 2 is 1.73 bits per heavy atom. The van der Waals surface area contributed by atoms with Crippen molar-refractivity contribution in [1.29, 1.82) is 0 Å². The second-order valence-corrected chi connectivity index (χ2v) is 6.76. The number of nitrogens with zero attached hydrogens (tertiary/aromatic N) is 3. The summed E-state index contributed by atoms with van der Waals surface area (Å²) in [5.74, 6) is 0.869. The first-order valence-corrected chi connectivity index (χ1v) is 9.15. The van der Waals surface area contributed by atoms with Gasteiger partial charge in [0.25, 0.3) is 0 Å². The Kier molecular flexibility index (Phi) is 4.97. The summed E-state index contributed by atoms with van der Waals surface area (Å²) in [7, 11) is 1.61. The van der Waals surface area contributed by atoms with Gasteiger partial charge in [0.1, 0.15) is 5.82 Å². The van der Waals surface area contributed by atoms with Crippen LogP contribution in [0.5, 0.6) is 6.01 Å². The zero-order chi connectivity index (χ0) is 17.8. The van der Waals surface area contributed by atoms with Gasteiger partial charge in [-0.05, 0) is 30.5 Å². The number of hydrogen-bond acceptors (Lipinski definition) is 5. The third-order valence-electron chi connectivity index (χ3n) is 4.94. The van der Waals surface area contributed by atoms with Gasteiger partial charge in [0.15, 0.2) is 0 Å². The molecule has 0 amide bonds. The smallest absolute Gasteiger partial charge is 0.318 e. The molecule has 0 unspecified atom stereocenters. The number of hydrogen-bond donors (Lipinski definition) is 1. The molecule has 0 radical (unpaired) electrons. The first-order chi connectivity index (χ1) is 12.8. The van der Waals surface area contributed by atoms with Gasteiger partial charge in [-0.2, -0.15) is 9.97 Å². The number of aromatic nitrogens is 2. The summed E-state index contributed by atoms with van der Waals surface area (Å²) in [6.07, 6.45) is 2.21. The standard InChI is InChI=1S/C21H24N4O/c1-26-21-23-19-10-6-5-9-18(19)20(24-21)22-17-11-13-25(14-12-17)15-16-7-3-2-4-8-16/h2-10,17H,11-15H2,1H3,(H,22,23,24). The molecule has 0 spiro atoms. The van der Waals surface area contributed by atoms with E-state index in [9.17, 15) is 0 Å². The first-order valence-electron chi connectivity index (χ1n) is 9.15. The molecule has 0 aliphatic carbocycles. The van der Waals surface area contributed by atoms with Crippen LogP contribution in [0.2, 0.25) is 0 Å². The fourth-order valence-corrected chi connectivity index (χ4v) is 3.53. The minimum Gasteiger partial charge on any atom is -0.467 e. The molecule has 2 aromatic carbocycles. The van der Waals surface area contributed by atoms with Gasteiger partial charge in [0.2, 0.25) is 0 Å². The van der Waals surface area contributed by atoms with Crippen LogP contribution in [0.4, 0.5) is 5.82 Å². The van der Waals surface area contributed by atoms with Crippen molar-refractivity contribution in [3.63, 3.8) is 0 Å². The normalized spacial score (nSPS) is 15.9. The van der Waals surface area contributed by atoms with E-state index in [-0.39, 0.29) is 0 Å². The molecule has 1 saturated heterocycles. The number of benzene rings is 2. The Morgan fingerprint density at radius 3 is 2.50 bits per heavy atom. The Balaban J connectivity index is 1.42. The highest BCUT2D eigenvalue weighted by atomic mass is 16.5. The van der Waals surface area contributed by atoms with Gasteiger partial charge in [-0.1, -0.05) is 42.5 Å². The predicted molar refractivity (Wildman–Crippen MR) is 104 cm³/mol. The summed E-state index contributed by atoms with van der Waals surface area (Å²) in [6, 6.07) is 19.6. The van der Waals surface area contributed by atoms with E-state index in [0.29, 0.717) is 12.1 Å². The quantitative estimate of drug-likeness (QED) is 0.762. The third-order valence-corrected chi connectivity index (χ3v) is 4.94. The summed E-state index contributed by atoms with van der Waals surface area (Å²) in [5.41, 5.74) is 2.29. The van der Waals surface area contributed by atoms with Crippen molar-refractivity contribution >= 4 is 16.7 Å². The number of fused-ring (bicyclic) bond motifs is 1. The molecular formula is C21H24N4O. The highest BCUT2D eigenvalue weighted by Crippen LogP contribution is 2.25. The van der Waals surface area contributed by atoms with E-state index in [0.717, 1.165) is 49.2 Å². The number of likely N-dealkylation sites (tertiary alicyclic amines) is 1. The number of rotatable bonds is 5. The zero-order valence-corrected chi connectivity index (χ0v) is 15.1. The molecule has 2 heterocycles. The van der Waals surface area contributed by atoms with E-state index < -0.39 is 0 Å².